The quantitative estimate of drug-likeness (QED) is 0.588. The van der Waals surface area contributed by atoms with Crippen LogP contribution in [0.5, 0.6) is 0 Å². The van der Waals surface area contributed by atoms with Crippen LogP contribution in [0.3, 0.4) is 0 Å². The molecule has 0 aromatic heterocycles. The zero-order valence-electron chi connectivity index (χ0n) is 10.4. The Morgan fingerprint density at radius 3 is 2.21 bits per heavy atom. The standard InChI is InChI=1S/C13H23N/c1-7-11(5)13(10(3)4)9-14-12(6)8-2/h8-10H,7H2,1-6H3/b12-8+,13-11-,14-9+. The fourth-order valence-electron chi connectivity index (χ4n) is 1.20. The molecule has 0 bridgehead atoms. The third-order valence-corrected chi connectivity index (χ3v) is 2.47. The van der Waals surface area contributed by atoms with Gasteiger partial charge in [-0.05, 0) is 38.7 Å². The van der Waals surface area contributed by atoms with Crippen LogP contribution in [0.1, 0.15) is 48.0 Å². The van der Waals surface area contributed by atoms with E-state index in [-0.39, 0.29) is 0 Å². The van der Waals surface area contributed by atoms with E-state index < -0.39 is 0 Å². The van der Waals surface area contributed by atoms with Gasteiger partial charge in [-0.3, -0.25) is 4.99 Å². The summed E-state index contributed by atoms with van der Waals surface area (Å²) in [6.07, 6.45) is 5.14. The predicted molar refractivity (Wildman–Crippen MR) is 65.8 cm³/mol. The average molecular weight is 193 g/mol. The molecule has 0 atom stereocenters. The molecule has 0 aromatic rings. The Bertz CT molecular complexity index is 254. The summed E-state index contributed by atoms with van der Waals surface area (Å²) in [5.74, 6) is 0.559. The topological polar surface area (TPSA) is 12.4 Å². The summed E-state index contributed by atoms with van der Waals surface area (Å²) in [4.78, 5) is 4.41. The second kappa shape index (κ2) is 6.58. The van der Waals surface area contributed by atoms with Crippen LogP contribution in [0.4, 0.5) is 0 Å². The van der Waals surface area contributed by atoms with Crippen molar-refractivity contribution in [1.29, 1.82) is 0 Å². The summed E-state index contributed by atoms with van der Waals surface area (Å²) in [5, 5.41) is 0. The number of hydrogen-bond donors (Lipinski definition) is 0. The van der Waals surface area contributed by atoms with Gasteiger partial charge in [0.1, 0.15) is 0 Å². The summed E-state index contributed by atoms with van der Waals surface area (Å²) in [6.45, 7) is 12.8. The highest BCUT2D eigenvalue weighted by atomic mass is 14.7. The van der Waals surface area contributed by atoms with Gasteiger partial charge in [-0.15, -0.1) is 0 Å². The molecule has 0 fully saturated rings. The van der Waals surface area contributed by atoms with Crippen LogP contribution in [0.2, 0.25) is 0 Å². The number of aliphatic imine (C=N–C) groups is 1. The molecule has 80 valence electrons. The van der Waals surface area contributed by atoms with Crippen LogP contribution in [-0.4, -0.2) is 6.21 Å². The van der Waals surface area contributed by atoms with Gasteiger partial charge in [0, 0.05) is 11.9 Å². The van der Waals surface area contributed by atoms with E-state index in [4.69, 9.17) is 0 Å². The van der Waals surface area contributed by atoms with E-state index in [2.05, 4.69) is 32.7 Å². The van der Waals surface area contributed by atoms with Crippen molar-refractivity contribution >= 4 is 6.21 Å². The lowest BCUT2D eigenvalue weighted by Gasteiger charge is -2.10. The predicted octanol–water partition coefficient (Wildman–Crippen LogP) is 4.36. The monoisotopic (exact) mass is 193 g/mol. The minimum Gasteiger partial charge on any atom is -0.262 e. The molecular weight excluding hydrogens is 170 g/mol. The molecule has 0 amide bonds. The van der Waals surface area contributed by atoms with E-state index in [0.29, 0.717) is 5.92 Å². The molecule has 0 aliphatic carbocycles. The largest absolute Gasteiger partial charge is 0.262 e. The maximum absolute atomic E-state index is 4.41. The molecule has 0 rings (SSSR count). The summed E-state index contributed by atoms with van der Waals surface area (Å²) in [5.41, 5.74) is 3.88. The van der Waals surface area contributed by atoms with Gasteiger partial charge < -0.3 is 0 Å². The Morgan fingerprint density at radius 2 is 1.86 bits per heavy atom. The van der Waals surface area contributed by atoms with Gasteiger partial charge in [-0.25, -0.2) is 0 Å². The molecule has 0 aliphatic rings. The van der Waals surface area contributed by atoms with Crippen molar-refractivity contribution in [2.24, 2.45) is 10.9 Å². The van der Waals surface area contributed by atoms with Gasteiger partial charge >= 0.3 is 0 Å². The van der Waals surface area contributed by atoms with Crippen molar-refractivity contribution < 1.29 is 0 Å². The maximum Gasteiger partial charge on any atom is 0.0330 e. The third kappa shape index (κ3) is 4.40. The minimum atomic E-state index is 0.559. The molecule has 0 saturated heterocycles. The number of nitrogens with zero attached hydrogens (tertiary/aromatic N) is 1. The first-order valence-electron chi connectivity index (χ1n) is 5.39. The number of hydrogen-bond acceptors (Lipinski definition) is 1. The molecule has 0 radical (unpaired) electrons. The van der Waals surface area contributed by atoms with E-state index >= 15 is 0 Å². The molecule has 1 heteroatoms. The van der Waals surface area contributed by atoms with Crippen LogP contribution in [0.25, 0.3) is 0 Å². The van der Waals surface area contributed by atoms with Crippen molar-refractivity contribution in [3.63, 3.8) is 0 Å². The molecule has 0 unspecified atom stereocenters. The molecule has 0 aliphatic heterocycles. The molecule has 14 heavy (non-hydrogen) atoms. The van der Waals surface area contributed by atoms with E-state index in [9.17, 15) is 0 Å². The second-order valence-corrected chi connectivity index (χ2v) is 3.93. The van der Waals surface area contributed by atoms with Crippen molar-refractivity contribution in [2.75, 3.05) is 0 Å². The Morgan fingerprint density at radius 1 is 1.29 bits per heavy atom. The number of allylic oxidation sites excluding steroid dienone is 4. The molecule has 1 nitrogen and oxygen atoms in total. The SMILES string of the molecule is C/C=C(C)/N=C/C(=C(\C)CC)C(C)C. The highest BCUT2D eigenvalue weighted by molar-refractivity contribution is 5.80. The van der Waals surface area contributed by atoms with E-state index in [0.717, 1.165) is 12.1 Å². The first-order chi connectivity index (χ1) is 6.52. The average Bonchev–Trinajstić information content (AvgIpc) is 2.16. The highest BCUT2D eigenvalue weighted by Crippen LogP contribution is 2.15. The van der Waals surface area contributed by atoms with E-state index in [1.165, 1.54) is 11.1 Å². The molecular formula is C13H23N. The van der Waals surface area contributed by atoms with Gasteiger partial charge in [0.15, 0.2) is 0 Å². The van der Waals surface area contributed by atoms with Crippen LogP contribution >= 0.6 is 0 Å². The van der Waals surface area contributed by atoms with E-state index in [1.807, 2.05) is 26.1 Å². The van der Waals surface area contributed by atoms with Crippen molar-refractivity contribution in [3.05, 3.63) is 22.9 Å². The van der Waals surface area contributed by atoms with Crippen LogP contribution < -0.4 is 0 Å². The van der Waals surface area contributed by atoms with Crippen LogP contribution in [-0.2, 0) is 0 Å². The van der Waals surface area contributed by atoms with Crippen LogP contribution in [0.15, 0.2) is 27.9 Å². The Hall–Kier alpha value is -0.850. The summed E-state index contributed by atoms with van der Waals surface area (Å²) in [7, 11) is 0. The first kappa shape index (κ1) is 13.2. The normalized spacial score (nSPS) is 15.2. The van der Waals surface area contributed by atoms with Crippen LogP contribution in [0, 0.1) is 5.92 Å². The summed E-state index contributed by atoms with van der Waals surface area (Å²) < 4.78 is 0. The summed E-state index contributed by atoms with van der Waals surface area (Å²) in [6, 6.07) is 0. The molecule has 0 saturated carbocycles. The second-order valence-electron chi connectivity index (χ2n) is 3.93. The molecule has 0 spiro atoms. The van der Waals surface area contributed by atoms with Gasteiger partial charge in [-0.1, -0.05) is 32.4 Å². The zero-order valence-corrected chi connectivity index (χ0v) is 10.4. The summed E-state index contributed by atoms with van der Waals surface area (Å²) >= 11 is 0. The lowest BCUT2D eigenvalue weighted by molar-refractivity contribution is 0.786. The fourth-order valence-corrected chi connectivity index (χ4v) is 1.20. The Labute approximate surface area is 88.6 Å². The van der Waals surface area contributed by atoms with Gasteiger partial charge in [-0.2, -0.15) is 0 Å². The molecule has 0 heterocycles. The number of rotatable bonds is 4. The van der Waals surface area contributed by atoms with Crippen molar-refractivity contribution in [2.45, 2.75) is 48.0 Å². The third-order valence-electron chi connectivity index (χ3n) is 2.47. The molecule has 0 aromatic carbocycles. The highest BCUT2D eigenvalue weighted by Gasteiger charge is 2.03. The van der Waals surface area contributed by atoms with Crippen molar-refractivity contribution in [3.8, 4) is 0 Å². The van der Waals surface area contributed by atoms with Gasteiger partial charge in [0.25, 0.3) is 0 Å². The fraction of sp³-hybridized carbons (Fsp3) is 0.615. The zero-order chi connectivity index (χ0) is 11.1. The smallest absolute Gasteiger partial charge is 0.0330 e. The van der Waals surface area contributed by atoms with E-state index in [1.54, 1.807) is 0 Å². The maximum atomic E-state index is 4.41. The molecule has 0 N–H and O–H groups in total. The lowest BCUT2D eigenvalue weighted by Crippen LogP contribution is -1.99. The van der Waals surface area contributed by atoms with Gasteiger partial charge in [0.2, 0.25) is 0 Å². The Balaban J connectivity index is 4.81. The Kier molecular flexibility index (Phi) is 6.18. The van der Waals surface area contributed by atoms with Gasteiger partial charge in [0.05, 0.1) is 0 Å². The first-order valence-corrected chi connectivity index (χ1v) is 5.39. The van der Waals surface area contributed by atoms with Crippen molar-refractivity contribution in [1.82, 2.24) is 0 Å². The minimum absolute atomic E-state index is 0.559. The lowest BCUT2D eigenvalue weighted by atomic mass is 9.98.